The van der Waals surface area contributed by atoms with Crippen molar-refractivity contribution in [3.8, 4) is 11.3 Å². The molecule has 9 nitrogen and oxygen atoms in total. The summed E-state index contributed by atoms with van der Waals surface area (Å²) in [5, 5.41) is 13.7. The molecule has 0 radical (unpaired) electrons. The van der Waals surface area contributed by atoms with Crippen LogP contribution in [0, 0.1) is 0 Å². The Morgan fingerprint density at radius 3 is 2.35 bits per heavy atom. The predicted octanol–water partition coefficient (Wildman–Crippen LogP) is 5.47. The molecule has 3 atom stereocenters. The maximum absolute atomic E-state index is 11.3. The van der Waals surface area contributed by atoms with Gasteiger partial charge < -0.3 is 19.3 Å². The van der Waals surface area contributed by atoms with Gasteiger partial charge in [0, 0.05) is 35.3 Å². The van der Waals surface area contributed by atoms with Gasteiger partial charge in [-0.25, -0.2) is 19.6 Å². The van der Waals surface area contributed by atoms with Crippen LogP contribution in [0.2, 0.25) is 0 Å². The SMILES string of the molecule is O=C(F)F.O=C(O)c1ccnc(N2C3CC[C@H]2CC(OCc2c(-c4ccccc4)noc2C2CC2)C3)n1. The summed E-state index contributed by atoms with van der Waals surface area (Å²) in [6.45, 7) is 0.495. The standard InChI is InChI=1S/C25H26N4O4.CF2O/c30-24(31)21-10-11-26-25(27-21)29-17-8-9-18(29)13-19(12-17)32-14-20-22(15-4-2-1-3-5-15)28-33-23(20)16-6-7-16;2-1(3)4/h1-5,10-11,16-19H,6-9,12-14H2,(H,30,31);/t17-,18?,19?;/m0./s1. The quantitative estimate of drug-likeness (QED) is 0.411. The molecule has 37 heavy (non-hydrogen) atoms. The zero-order valence-electron chi connectivity index (χ0n) is 19.9. The van der Waals surface area contributed by atoms with Crippen molar-refractivity contribution in [3.05, 3.63) is 59.6 Å². The van der Waals surface area contributed by atoms with Crippen LogP contribution in [-0.2, 0) is 11.3 Å². The fourth-order valence-corrected chi connectivity index (χ4v) is 5.33. The van der Waals surface area contributed by atoms with E-state index >= 15 is 0 Å². The van der Waals surface area contributed by atoms with E-state index in [0.29, 0.717) is 18.5 Å². The van der Waals surface area contributed by atoms with Gasteiger partial charge in [-0.1, -0.05) is 35.5 Å². The number of carbonyl (C=O) groups is 2. The van der Waals surface area contributed by atoms with Gasteiger partial charge in [0.1, 0.15) is 11.5 Å². The fraction of sp³-hybridized carbons (Fsp3) is 0.423. The first-order chi connectivity index (χ1) is 17.9. The Bertz CT molecular complexity index is 1250. The van der Waals surface area contributed by atoms with Crippen LogP contribution in [0.5, 0.6) is 0 Å². The Kier molecular flexibility index (Phi) is 7.22. The molecule has 0 amide bonds. The molecule has 0 spiro atoms. The minimum absolute atomic E-state index is 0.0336. The minimum atomic E-state index is -2.83. The summed E-state index contributed by atoms with van der Waals surface area (Å²) >= 11 is 0. The second-order valence-corrected chi connectivity index (χ2v) is 9.48. The smallest absolute Gasteiger partial charge is 0.477 e. The van der Waals surface area contributed by atoms with E-state index in [4.69, 9.17) is 14.1 Å². The number of fused-ring (bicyclic) bond motifs is 2. The second-order valence-electron chi connectivity index (χ2n) is 9.48. The van der Waals surface area contributed by atoms with Crippen molar-refractivity contribution in [2.45, 2.75) is 69.2 Å². The monoisotopic (exact) mass is 512 g/mol. The number of carbonyl (C=O) groups excluding carboxylic acids is 1. The molecule has 2 aromatic heterocycles. The van der Waals surface area contributed by atoms with Crippen molar-refractivity contribution in [2.24, 2.45) is 0 Å². The van der Waals surface area contributed by atoms with Crippen molar-refractivity contribution >= 4 is 18.2 Å². The highest BCUT2D eigenvalue weighted by atomic mass is 19.3. The molecule has 1 N–H and O–H groups in total. The largest absolute Gasteiger partial charge is 0.483 e. The molecular weight excluding hydrogens is 486 g/mol. The van der Waals surface area contributed by atoms with E-state index in [9.17, 15) is 18.7 Å². The van der Waals surface area contributed by atoms with Gasteiger partial charge in [0.15, 0.2) is 5.69 Å². The Balaban J connectivity index is 0.000000655. The number of carboxylic acids is 1. The van der Waals surface area contributed by atoms with Gasteiger partial charge in [-0.3, -0.25) is 0 Å². The molecule has 2 unspecified atom stereocenters. The van der Waals surface area contributed by atoms with Gasteiger partial charge in [0.2, 0.25) is 5.95 Å². The van der Waals surface area contributed by atoms with Crippen LogP contribution >= 0.6 is 0 Å². The lowest BCUT2D eigenvalue weighted by Crippen LogP contribution is -2.46. The lowest BCUT2D eigenvalue weighted by Gasteiger charge is -2.38. The van der Waals surface area contributed by atoms with E-state index in [0.717, 1.165) is 61.1 Å². The summed E-state index contributed by atoms with van der Waals surface area (Å²) in [4.78, 5) is 30.3. The average molecular weight is 513 g/mol. The zero-order chi connectivity index (χ0) is 25.9. The lowest BCUT2D eigenvalue weighted by atomic mass is 9.99. The third-order valence-corrected chi connectivity index (χ3v) is 7.06. The number of anilines is 1. The maximum atomic E-state index is 11.3. The third-order valence-electron chi connectivity index (χ3n) is 7.06. The van der Waals surface area contributed by atoms with Crippen molar-refractivity contribution in [1.82, 2.24) is 15.1 Å². The first-order valence-electron chi connectivity index (χ1n) is 12.3. The van der Waals surface area contributed by atoms with Crippen LogP contribution in [0.25, 0.3) is 11.3 Å². The van der Waals surface area contributed by atoms with Gasteiger partial charge in [-0.15, -0.1) is 8.78 Å². The van der Waals surface area contributed by atoms with Crippen LogP contribution < -0.4 is 4.90 Å². The van der Waals surface area contributed by atoms with Crippen LogP contribution in [0.4, 0.5) is 19.5 Å². The highest BCUT2D eigenvalue weighted by Gasteiger charge is 2.43. The molecule has 3 aliphatic rings. The Morgan fingerprint density at radius 1 is 1.05 bits per heavy atom. The average Bonchev–Trinajstić information content (AvgIpc) is 3.58. The van der Waals surface area contributed by atoms with Gasteiger partial charge in [0.05, 0.1) is 12.7 Å². The van der Waals surface area contributed by atoms with Crippen molar-refractivity contribution in [3.63, 3.8) is 0 Å². The molecular formula is C26H26F2N4O5. The van der Waals surface area contributed by atoms with Crippen LogP contribution in [-0.4, -0.2) is 50.7 Å². The predicted molar refractivity (Wildman–Crippen MR) is 128 cm³/mol. The molecule has 3 aromatic rings. The summed E-state index contributed by atoms with van der Waals surface area (Å²) in [6, 6.07) is 12.1. The first kappa shape index (κ1) is 24.9. The van der Waals surface area contributed by atoms with Gasteiger partial charge in [0.25, 0.3) is 0 Å². The van der Waals surface area contributed by atoms with Crippen molar-refractivity contribution < 1.29 is 32.7 Å². The number of halogens is 2. The molecule has 6 rings (SSSR count). The molecule has 1 saturated carbocycles. The van der Waals surface area contributed by atoms with Crippen LogP contribution in [0.15, 0.2) is 47.1 Å². The summed E-state index contributed by atoms with van der Waals surface area (Å²) in [5.74, 6) is 0.930. The number of rotatable bonds is 7. The summed E-state index contributed by atoms with van der Waals surface area (Å²) in [5.41, 5.74) is 3.05. The van der Waals surface area contributed by atoms with E-state index in [-0.39, 0.29) is 23.9 Å². The second kappa shape index (κ2) is 10.7. The highest BCUT2D eigenvalue weighted by Crippen LogP contribution is 2.45. The molecule has 1 aliphatic carbocycles. The van der Waals surface area contributed by atoms with E-state index in [1.54, 1.807) is 0 Å². The Hall–Kier alpha value is -3.73. The van der Waals surface area contributed by atoms with Gasteiger partial charge >= 0.3 is 12.3 Å². The number of hydrogen-bond donors (Lipinski definition) is 1. The lowest BCUT2D eigenvalue weighted by molar-refractivity contribution is 0.0144. The zero-order valence-corrected chi connectivity index (χ0v) is 19.9. The summed E-state index contributed by atoms with van der Waals surface area (Å²) in [6.07, 6.45) is 4.96. The number of piperidine rings is 1. The third kappa shape index (κ3) is 5.66. The fourth-order valence-electron chi connectivity index (χ4n) is 5.33. The number of carboxylic acid groups (broad SMARTS) is 1. The molecule has 1 aromatic carbocycles. The molecule has 194 valence electrons. The number of benzene rings is 1. The normalized spacial score (nSPS) is 22.3. The highest BCUT2D eigenvalue weighted by molar-refractivity contribution is 5.85. The number of aromatic nitrogens is 3. The van der Waals surface area contributed by atoms with E-state index < -0.39 is 12.3 Å². The van der Waals surface area contributed by atoms with Crippen LogP contribution in [0.3, 0.4) is 0 Å². The Morgan fingerprint density at radius 2 is 1.73 bits per heavy atom. The number of nitrogens with zero attached hydrogens (tertiary/aromatic N) is 4. The van der Waals surface area contributed by atoms with Gasteiger partial charge in [-0.05, 0) is 44.6 Å². The Labute approximate surface area is 211 Å². The molecule has 2 aliphatic heterocycles. The number of hydrogen-bond acceptors (Lipinski definition) is 8. The number of aromatic carboxylic acids is 1. The molecule has 2 bridgehead atoms. The van der Waals surface area contributed by atoms with E-state index in [1.807, 2.05) is 18.2 Å². The van der Waals surface area contributed by atoms with Crippen molar-refractivity contribution in [2.75, 3.05) is 4.90 Å². The van der Waals surface area contributed by atoms with E-state index in [2.05, 4.69) is 32.2 Å². The molecule has 11 heteroatoms. The summed E-state index contributed by atoms with van der Waals surface area (Å²) in [7, 11) is 0. The minimum Gasteiger partial charge on any atom is -0.477 e. The molecule has 2 saturated heterocycles. The van der Waals surface area contributed by atoms with Crippen LogP contribution in [0.1, 0.15) is 66.3 Å². The first-order valence-corrected chi connectivity index (χ1v) is 12.3. The summed E-state index contributed by atoms with van der Waals surface area (Å²) < 4.78 is 31.6. The number of ether oxygens (including phenoxy) is 1. The van der Waals surface area contributed by atoms with Crippen molar-refractivity contribution in [1.29, 1.82) is 0 Å². The van der Waals surface area contributed by atoms with E-state index in [1.165, 1.54) is 12.3 Å². The molecule has 3 fully saturated rings. The molecule has 4 heterocycles. The maximum Gasteiger partial charge on any atom is 0.483 e. The topological polar surface area (TPSA) is 119 Å². The van der Waals surface area contributed by atoms with Gasteiger partial charge in [-0.2, -0.15) is 0 Å².